The zero-order valence-electron chi connectivity index (χ0n) is 6.60. The summed E-state index contributed by atoms with van der Waals surface area (Å²) in [5.41, 5.74) is 11.8. The normalized spacial score (nSPS) is 11.8. The van der Waals surface area contributed by atoms with E-state index in [1.807, 2.05) is 6.07 Å². The van der Waals surface area contributed by atoms with Gasteiger partial charge >= 0.3 is 0 Å². The van der Waals surface area contributed by atoms with Crippen molar-refractivity contribution in [3.63, 3.8) is 0 Å². The van der Waals surface area contributed by atoms with E-state index in [1.165, 1.54) is 0 Å². The van der Waals surface area contributed by atoms with E-state index in [2.05, 4.69) is 0 Å². The Kier molecular flexibility index (Phi) is 4.66. The first-order chi connectivity index (χ1) is 5.24. The zero-order valence-corrected chi connectivity index (χ0v) is 7.42. The summed E-state index contributed by atoms with van der Waals surface area (Å²) in [7, 11) is 0. The molecule has 5 N–H and O–H groups in total. The minimum atomic E-state index is -0.179. The largest absolute Gasteiger partial charge is 0.508 e. The van der Waals surface area contributed by atoms with Crippen LogP contribution in [0.1, 0.15) is 11.6 Å². The lowest BCUT2D eigenvalue weighted by Crippen LogP contribution is -2.20. The molecule has 3 nitrogen and oxygen atoms in total. The van der Waals surface area contributed by atoms with Gasteiger partial charge in [0.25, 0.3) is 0 Å². The molecule has 0 fully saturated rings. The molecule has 0 unspecified atom stereocenters. The van der Waals surface area contributed by atoms with Gasteiger partial charge in [-0.1, -0.05) is 12.1 Å². The van der Waals surface area contributed by atoms with E-state index in [0.29, 0.717) is 6.54 Å². The standard InChI is InChI=1S/C8H12N2O.ClH/c9-5-8(10)6-2-1-3-7(11)4-6;/h1-4,8,11H,5,9-10H2;1H/t8-;/m0./s1. The minimum absolute atomic E-state index is 0. The maximum Gasteiger partial charge on any atom is 0.115 e. The van der Waals surface area contributed by atoms with Crippen LogP contribution in [0.4, 0.5) is 0 Å². The lowest BCUT2D eigenvalue weighted by Gasteiger charge is -2.08. The fourth-order valence-electron chi connectivity index (χ4n) is 0.892. The van der Waals surface area contributed by atoms with Gasteiger partial charge in [0.2, 0.25) is 0 Å². The molecule has 0 saturated heterocycles. The van der Waals surface area contributed by atoms with E-state index in [4.69, 9.17) is 16.6 Å². The molecule has 0 aliphatic heterocycles. The Hall–Kier alpha value is -0.770. The second-order valence-electron chi connectivity index (χ2n) is 2.44. The summed E-state index contributed by atoms with van der Waals surface area (Å²) in [5.74, 6) is 0.228. The number of nitrogens with two attached hydrogens (primary N) is 2. The number of phenolic OH excluding ortho intramolecular Hbond substituents is 1. The Bertz CT molecular complexity index is 242. The molecule has 0 radical (unpaired) electrons. The molecular formula is C8H13ClN2O. The molecule has 1 aromatic carbocycles. The molecule has 0 bridgehead atoms. The molecule has 12 heavy (non-hydrogen) atoms. The van der Waals surface area contributed by atoms with Crippen LogP contribution in [-0.4, -0.2) is 11.7 Å². The third kappa shape index (κ3) is 2.70. The van der Waals surface area contributed by atoms with Crippen LogP contribution in [0.15, 0.2) is 24.3 Å². The average molecular weight is 189 g/mol. The second-order valence-corrected chi connectivity index (χ2v) is 2.44. The summed E-state index contributed by atoms with van der Waals surface area (Å²) < 4.78 is 0. The number of aromatic hydroxyl groups is 1. The minimum Gasteiger partial charge on any atom is -0.508 e. The molecule has 0 aliphatic rings. The molecular weight excluding hydrogens is 176 g/mol. The van der Waals surface area contributed by atoms with E-state index in [9.17, 15) is 0 Å². The third-order valence-electron chi connectivity index (χ3n) is 1.55. The number of benzene rings is 1. The van der Waals surface area contributed by atoms with Crippen molar-refractivity contribution in [2.75, 3.05) is 6.54 Å². The van der Waals surface area contributed by atoms with Crippen LogP contribution in [0, 0.1) is 0 Å². The van der Waals surface area contributed by atoms with Crippen molar-refractivity contribution in [2.24, 2.45) is 11.5 Å². The highest BCUT2D eigenvalue weighted by molar-refractivity contribution is 5.85. The molecule has 0 aromatic heterocycles. The van der Waals surface area contributed by atoms with E-state index in [0.717, 1.165) is 5.56 Å². The van der Waals surface area contributed by atoms with Gasteiger partial charge in [0.05, 0.1) is 0 Å². The molecule has 68 valence electrons. The molecule has 0 saturated carbocycles. The average Bonchev–Trinajstić information content (AvgIpc) is 2.03. The number of phenols is 1. The van der Waals surface area contributed by atoms with Gasteiger partial charge in [-0.3, -0.25) is 0 Å². The van der Waals surface area contributed by atoms with Crippen molar-refractivity contribution in [2.45, 2.75) is 6.04 Å². The van der Waals surface area contributed by atoms with Gasteiger partial charge in [-0.15, -0.1) is 12.4 Å². The second kappa shape index (κ2) is 4.98. The van der Waals surface area contributed by atoms with Crippen molar-refractivity contribution in [1.82, 2.24) is 0 Å². The molecule has 0 heterocycles. The Morgan fingerprint density at radius 1 is 1.42 bits per heavy atom. The van der Waals surface area contributed by atoms with Crippen LogP contribution in [0.5, 0.6) is 5.75 Å². The number of hydrogen-bond donors (Lipinski definition) is 3. The van der Waals surface area contributed by atoms with E-state index >= 15 is 0 Å². The molecule has 4 heteroatoms. The van der Waals surface area contributed by atoms with Gasteiger partial charge in [-0.2, -0.15) is 0 Å². The topological polar surface area (TPSA) is 72.3 Å². The number of halogens is 1. The highest BCUT2D eigenvalue weighted by Crippen LogP contribution is 2.15. The molecule has 1 aromatic rings. The Labute approximate surface area is 77.8 Å². The lowest BCUT2D eigenvalue weighted by molar-refractivity contribution is 0.473. The molecule has 0 amide bonds. The van der Waals surface area contributed by atoms with Gasteiger partial charge in [0.15, 0.2) is 0 Å². The van der Waals surface area contributed by atoms with Gasteiger partial charge in [-0.25, -0.2) is 0 Å². The summed E-state index contributed by atoms with van der Waals surface area (Å²) in [6.45, 7) is 0.392. The molecule has 0 spiro atoms. The van der Waals surface area contributed by atoms with Gasteiger partial charge in [0.1, 0.15) is 5.75 Å². The van der Waals surface area contributed by atoms with E-state index in [1.54, 1.807) is 18.2 Å². The summed E-state index contributed by atoms with van der Waals surface area (Å²) in [4.78, 5) is 0. The van der Waals surface area contributed by atoms with Crippen LogP contribution in [0.25, 0.3) is 0 Å². The van der Waals surface area contributed by atoms with Crippen molar-refractivity contribution in [3.05, 3.63) is 29.8 Å². The van der Waals surface area contributed by atoms with Crippen LogP contribution in [0.3, 0.4) is 0 Å². The summed E-state index contributed by atoms with van der Waals surface area (Å²) in [5, 5.41) is 9.06. The number of hydrogen-bond acceptors (Lipinski definition) is 3. The van der Waals surface area contributed by atoms with Crippen LogP contribution < -0.4 is 11.5 Å². The van der Waals surface area contributed by atoms with Crippen molar-refractivity contribution >= 4 is 12.4 Å². The quantitative estimate of drug-likeness (QED) is 0.642. The molecule has 0 aliphatic carbocycles. The summed E-state index contributed by atoms with van der Waals surface area (Å²) in [6, 6.07) is 6.64. The van der Waals surface area contributed by atoms with Crippen molar-refractivity contribution in [1.29, 1.82) is 0 Å². The fraction of sp³-hybridized carbons (Fsp3) is 0.250. The first-order valence-electron chi connectivity index (χ1n) is 3.48. The van der Waals surface area contributed by atoms with Gasteiger partial charge in [-0.05, 0) is 17.7 Å². The first-order valence-corrected chi connectivity index (χ1v) is 3.48. The van der Waals surface area contributed by atoms with Gasteiger partial charge in [0, 0.05) is 12.6 Å². The highest BCUT2D eigenvalue weighted by atomic mass is 35.5. The lowest BCUT2D eigenvalue weighted by atomic mass is 10.1. The molecule has 1 atom stereocenters. The van der Waals surface area contributed by atoms with Crippen molar-refractivity contribution < 1.29 is 5.11 Å². The highest BCUT2D eigenvalue weighted by Gasteiger charge is 2.02. The van der Waals surface area contributed by atoms with E-state index in [-0.39, 0.29) is 24.2 Å². The fourth-order valence-corrected chi connectivity index (χ4v) is 0.892. The predicted molar refractivity (Wildman–Crippen MR) is 51.3 cm³/mol. The van der Waals surface area contributed by atoms with Crippen LogP contribution >= 0.6 is 12.4 Å². The smallest absolute Gasteiger partial charge is 0.115 e. The predicted octanol–water partition coefficient (Wildman–Crippen LogP) is 0.772. The maximum atomic E-state index is 9.06. The number of rotatable bonds is 2. The van der Waals surface area contributed by atoms with Gasteiger partial charge < -0.3 is 16.6 Å². The molecule has 1 rings (SSSR count). The van der Waals surface area contributed by atoms with Crippen LogP contribution in [-0.2, 0) is 0 Å². The Morgan fingerprint density at radius 2 is 2.08 bits per heavy atom. The van der Waals surface area contributed by atoms with Crippen molar-refractivity contribution in [3.8, 4) is 5.75 Å². The Balaban J connectivity index is 0.00000121. The van der Waals surface area contributed by atoms with E-state index < -0.39 is 0 Å². The SMILES string of the molecule is Cl.NC[C@H](N)c1cccc(O)c1. The Morgan fingerprint density at radius 3 is 2.58 bits per heavy atom. The maximum absolute atomic E-state index is 9.06. The third-order valence-corrected chi connectivity index (χ3v) is 1.55. The summed E-state index contributed by atoms with van der Waals surface area (Å²) >= 11 is 0. The monoisotopic (exact) mass is 188 g/mol. The van der Waals surface area contributed by atoms with Crippen LogP contribution in [0.2, 0.25) is 0 Å². The first kappa shape index (κ1) is 11.2. The zero-order chi connectivity index (χ0) is 8.27. The summed E-state index contributed by atoms with van der Waals surface area (Å²) in [6.07, 6.45) is 0.